The smallest absolute Gasteiger partial charge is 0.189 e. The molecule has 0 radical (unpaired) electrons. The predicted molar refractivity (Wildman–Crippen MR) is 66.8 cm³/mol. The fraction of sp³-hybridized carbons (Fsp3) is 0.231. The highest BCUT2D eigenvalue weighted by Gasteiger charge is 2.09. The molecule has 0 spiro atoms. The maximum absolute atomic E-state index is 11.9. The third kappa shape index (κ3) is 2.53. The summed E-state index contributed by atoms with van der Waals surface area (Å²) in [5.74, 6) is -0.0169. The minimum Gasteiger partial charge on any atom is -0.362 e. The minimum absolute atomic E-state index is 0.0169. The van der Waals surface area contributed by atoms with Crippen LogP contribution in [0.1, 0.15) is 28.7 Å². The molecule has 2 aromatic heterocycles. The predicted octanol–water partition coefficient (Wildman–Crippen LogP) is 2.44. The molecule has 0 fully saturated rings. The first-order chi connectivity index (χ1) is 8.20. The summed E-state index contributed by atoms with van der Waals surface area (Å²) in [7, 11) is 0. The van der Waals surface area contributed by atoms with E-state index in [2.05, 4.69) is 10.1 Å². The number of aromatic amines is 1. The molecule has 2 rings (SSSR count). The van der Waals surface area contributed by atoms with E-state index in [0.717, 1.165) is 17.9 Å². The Labute approximate surface area is 100.0 Å². The second-order valence-corrected chi connectivity index (χ2v) is 3.81. The molecule has 0 aliphatic rings. The molecule has 0 saturated heterocycles. The first-order valence-corrected chi connectivity index (χ1v) is 5.60. The number of rotatable bonds is 4. The Bertz CT molecular complexity index is 535. The molecular weight excluding hydrogens is 214 g/mol. The lowest BCUT2D eigenvalue weighted by Gasteiger charge is -1.91. The molecule has 0 bridgehead atoms. The third-order valence-corrected chi connectivity index (χ3v) is 2.57. The lowest BCUT2D eigenvalue weighted by atomic mass is 10.1. The molecule has 2 heterocycles. The van der Waals surface area contributed by atoms with Crippen LogP contribution in [0.2, 0.25) is 0 Å². The summed E-state index contributed by atoms with van der Waals surface area (Å²) in [6.45, 7) is 4.62. The molecule has 88 valence electrons. The van der Waals surface area contributed by atoms with Crippen molar-refractivity contribution in [2.24, 2.45) is 0 Å². The van der Waals surface area contributed by atoms with Gasteiger partial charge in [-0.3, -0.25) is 9.48 Å². The number of aromatic nitrogens is 3. The molecule has 0 amide bonds. The van der Waals surface area contributed by atoms with Gasteiger partial charge in [-0.05, 0) is 38.1 Å². The molecule has 0 saturated carbocycles. The number of hydrogen-bond acceptors (Lipinski definition) is 2. The average Bonchev–Trinajstić information content (AvgIpc) is 2.94. The van der Waals surface area contributed by atoms with E-state index < -0.39 is 0 Å². The van der Waals surface area contributed by atoms with Gasteiger partial charge < -0.3 is 4.98 Å². The number of hydrogen-bond donors (Lipinski definition) is 1. The van der Waals surface area contributed by atoms with Gasteiger partial charge in [-0.25, -0.2) is 0 Å². The van der Waals surface area contributed by atoms with E-state index in [-0.39, 0.29) is 5.78 Å². The maximum Gasteiger partial charge on any atom is 0.189 e. The fourth-order valence-corrected chi connectivity index (χ4v) is 1.62. The normalized spacial score (nSPS) is 11.2. The van der Waals surface area contributed by atoms with Crippen LogP contribution >= 0.6 is 0 Å². The summed E-state index contributed by atoms with van der Waals surface area (Å²) in [6.07, 6.45) is 6.95. The summed E-state index contributed by atoms with van der Waals surface area (Å²) < 4.78 is 1.77. The number of ketones is 1. The second kappa shape index (κ2) is 4.82. The summed E-state index contributed by atoms with van der Waals surface area (Å²) in [4.78, 5) is 15.0. The van der Waals surface area contributed by atoms with E-state index in [4.69, 9.17) is 0 Å². The van der Waals surface area contributed by atoms with Crippen LogP contribution in [0.4, 0.5) is 0 Å². The van der Waals surface area contributed by atoms with Crippen LogP contribution in [-0.4, -0.2) is 20.5 Å². The van der Waals surface area contributed by atoms with Gasteiger partial charge in [0.2, 0.25) is 0 Å². The van der Waals surface area contributed by atoms with E-state index in [1.165, 1.54) is 0 Å². The van der Waals surface area contributed by atoms with Gasteiger partial charge in [0, 0.05) is 24.6 Å². The zero-order valence-corrected chi connectivity index (χ0v) is 9.97. The summed E-state index contributed by atoms with van der Waals surface area (Å²) in [6, 6.07) is 3.80. The standard InChI is InChI=1S/C13H15N3O/c1-3-16-9-12(10(2)15-16)13(17)7-6-11-5-4-8-14-11/h4-9,14H,3H2,1-2H3/b7-6+. The fourth-order valence-electron chi connectivity index (χ4n) is 1.62. The lowest BCUT2D eigenvalue weighted by Crippen LogP contribution is -1.94. The van der Waals surface area contributed by atoms with Gasteiger partial charge in [-0.2, -0.15) is 5.10 Å². The van der Waals surface area contributed by atoms with Crippen LogP contribution in [0.3, 0.4) is 0 Å². The number of allylic oxidation sites excluding steroid dienone is 1. The molecular formula is C13H15N3O. The molecule has 4 heteroatoms. The number of nitrogens with one attached hydrogen (secondary N) is 1. The van der Waals surface area contributed by atoms with Gasteiger partial charge >= 0.3 is 0 Å². The van der Waals surface area contributed by atoms with Gasteiger partial charge in [0.05, 0.1) is 11.3 Å². The van der Waals surface area contributed by atoms with Crippen molar-refractivity contribution in [1.29, 1.82) is 0 Å². The largest absolute Gasteiger partial charge is 0.362 e. The van der Waals surface area contributed by atoms with Crippen molar-refractivity contribution < 1.29 is 4.79 Å². The van der Waals surface area contributed by atoms with Crippen LogP contribution in [0, 0.1) is 6.92 Å². The Kier molecular flexibility index (Phi) is 3.23. The van der Waals surface area contributed by atoms with E-state index >= 15 is 0 Å². The number of aryl methyl sites for hydroxylation is 2. The van der Waals surface area contributed by atoms with Crippen molar-refractivity contribution in [3.05, 3.63) is 47.6 Å². The Morgan fingerprint density at radius 3 is 3.00 bits per heavy atom. The van der Waals surface area contributed by atoms with Crippen LogP contribution < -0.4 is 0 Å². The molecule has 0 aliphatic heterocycles. The first kappa shape index (κ1) is 11.4. The highest BCUT2D eigenvalue weighted by molar-refractivity contribution is 6.07. The van der Waals surface area contributed by atoms with Gasteiger partial charge in [0.25, 0.3) is 0 Å². The SMILES string of the molecule is CCn1cc(C(=O)/C=C/c2ccc[nH]2)c(C)n1. The molecule has 0 unspecified atom stereocenters. The lowest BCUT2D eigenvalue weighted by molar-refractivity contribution is 0.104. The highest BCUT2D eigenvalue weighted by Crippen LogP contribution is 2.08. The van der Waals surface area contributed by atoms with Crippen molar-refractivity contribution >= 4 is 11.9 Å². The topological polar surface area (TPSA) is 50.7 Å². The van der Waals surface area contributed by atoms with Crippen LogP contribution in [0.15, 0.2) is 30.6 Å². The Balaban J connectivity index is 2.17. The van der Waals surface area contributed by atoms with E-state index in [9.17, 15) is 4.79 Å². The monoisotopic (exact) mass is 229 g/mol. The summed E-state index contributed by atoms with van der Waals surface area (Å²) in [5, 5.41) is 4.25. The number of H-pyrrole nitrogens is 1. The molecule has 2 aromatic rings. The average molecular weight is 229 g/mol. The molecule has 17 heavy (non-hydrogen) atoms. The minimum atomic E-state index is -0.0169. The molecule has 0 aromatic carbocycles. The summed E-state index contributed by atoms with van der Waals surface area (Å²) >= 11 is 0. The van der Waals surface area contributed by atoms with Crippen molar-refractivity contribution in [3.63, 3.8) is 0 Å². The Morgan fingerprint density at radius 2 is 2.41 bits per heavy atom. The van der Waals surface area contributed by atoms with Crippen molar-refractivity contribution in [1.82, 2.24) is 14.8 Å². The van der Waals surface area contributed by atoms with Crippen molar-refractivity contribution in [2.75, 3.05) is 0 Å². The zero-order chi connectivity index (χ0) is 12.3. The van der Waals surface area contributed by atoms with Gasteiger partial charge in [-0.15, -0.1) is 0 Å². The van der Waals surface area contributed by atoms with Crippen LogP contribution in [0.25, 0.3) is 6.08 Å². The number of carbonyl (C=O) groups excluding carboxylic acids is 1. The molecule has 1 N–H and O–H groups in total. The summed E-state index contributed by atoms with van der Waals surface area (Å²) in [5.41, 5.74) is 2.35. The van der Waals surface area contributed by atoms with E-state index in [1.807, 2.05) is 32.2 Å². The number of nitrogens with zero attached hydrogens (tertiary/aromatic N) is 2. The van der Waals surface area contributed by atoms with Gasteiger partial charge in [-0.1, -0.05) is 0 Å². The van der Waals surface area contributed by atoms with Gasteiger partial charge in [0.15, 0.2) is 5.78 Å². The third-order valence-electron chi connectivity index (χ3n) is 2.57. The number of carbonyl (C=O) groups is 1. The molecule has 4 nitrogen and oxygen atoms in total. The Morgan fingerprint density at radius 1 is 1.59 bits per heavy atom. The van der Waals surface area contributed by atoms with Crippen LogP contribution in [0.5, 0.6) is 0 Å². The Hall–Kier alpha value is -2.10. The van der Waals surface area contributed by atoms with Crippen molar-refractivity contribution in [2.45, 2.75) is 20.4 Å². The van der Waals surface area contributed by atoms with Crippen LogP contribution in [-0.2, 0) is 6.54 Å². The van der Waals surface area contributed by atoms with Gasteiger partial charge in [0.1, 0.15) is 0 Å². The quantitative estimate of drug-likeness (QED) is 0.646. The van der Waals surface area contributed by atoms with E-state index in [0.29, 0.717) is 5.56 Å². The second-order valence-electron chi connectivity index (χ2n) is 3.81. The molecule has 0 atom stereocenters. The van der Waals surface area contributed by atoms with E-state index in [1.54, 1.807) is 23.0 Å². The highest BCUT2D eigenvalue weighted by atomic mass is 16.1. The first-order valence-electron chi connectivity index (χ1n) is 5.60. The zero-order valence-electron chi connectivity index (χ0n) is 9.97. The molecule has 0 aliphatic carbocycles. The maximum atomic E-state index is 11.9. The van der Waals surface area contributed by atoms with Crippen molar-refractivity contribution in [3.8, 4) is 0 Å².